The number of nitrogens with zero attached hydrogens (tertiary/aromatic N) is 1. The van der Waals surface area contributed by atoms with E-state index < -0.39 is 30.1 Å². The summed E-state index contributed by atoms with van der Waals surface area (Å²) in [7, 11) is 3.11. The first-order chi connectivity index (χ1) is 23.4. The number of aliphatic hydroxyl groups is 3. The van der Waals surface area contributed by atoms with Gasteiger partial charge >= 0.3 is 0 Å². The van der Waals surface area contributed by atoms with Gasteiger partial charge in [-0.2, -0.15) is 0 Å². The second-order valence-electron chi connectivity index (χ2n) is 12.7. The number of fused-ring (bicyclic) bond motifs is 3. The van der Waals surface area contributed by atoms with E-state index in [1.165, 1.54) is 39.2 Å². The Labute approximate surface area is 285 Å². The van der Waals surface area contributed by atoms with E-state index in [0.717, 1.165) is 31.2 Å². The number of methoxy groups -OCH3 is 2. The van der Waals surface area contributed by atoms with Crippen molar-refractivity contribution >= 4 is 11.8 Å². The Balaban J connectivity index is 1.62. The molecule has 264 valence electrons. The van der Waals surface area contributed by atoms with Gasteiger partial charge in [0, 0.05) is 30.6 Å². The SMILES string of the molecule is CCCCCCCCCCCC(=O)N(CCc1ccccc1OC)[C@@H]1C=C(C(=O)NCCO)[C@@H]2c3cc(CO)cc(OC)c3O[C@@H]2[C@H]1O. The fourth-order valence-electron chi connectivity index (χ4n) is 6.94. The number of nitrogens with one attached hydrogen (secondary N) is 1. The second-order valence-corrected chi connectivity index (χ2v) is 12.7. The lowest BCUT2D eigenvalue weighted by Crippen LogP contribution is -2.56. The third-order valence-electron chi connectivity index (χ3n) is 9.48. The minimum Gasteiger partial charge on any atom is -0.496 e. The average molecular weight is 667 g/mol. The van der Waals surface area contributed by atoms with Crippen molar-refractivity contribution in [1.82, 2.24) is 10.2 Å². The van der Waals surface area contributed by atoms with Gasteiger partial charge < -0.3 is 39.7 Å². The van der Waals surface area contributed by atoms with Crippen LogP contribution >= 0.6 is 0 Å². The number of hydrogen-bond acceptors (Lipinski definition) is 8. The summed E-state index contributed by atoms with van der Waals surface area (Å²) < 4.78 is 17.5. The van der Waals surface area contributed by atoms with Gasteiger partial charge in [0.15, 0.2) is 11.5 Å². The molecule has 0 saturated carbocycles. The van der Waals surface area contributed by atoms with Crippen LogP contribution < -0.4 is 19.5 Å². The summed E-state index contributed by atoms with van der Waals surface area (Å²) in [6.45, 7) is 2.07. The average Bonchev–Trinajstić information content (AvgIpc) is 3.50. The molecule has 0 fully saturated rings. The van der Waals surface area contributed by atoms with Crippen LogP contribution in [0.25, 0.3) is 0 Å². The Bertz CT molecular complexity index is 1380. The van der Waals surface area contributed by atoms with Gasteiger partial charge in [-0.15, -0.1) is 0 Å². The highest BCUT2D eigenvalue weighted by Crippen LogP contribution is 2.51. The van der Waals surface area contributed by atoms with Crippen molar-refractivity contribution in [3.63, 3.8) is 0 Å². The van der Waals surface area contributed by atoms with E-state index in [1.807, 2.05) is 24.3 Å². The normalized spacial score (nSPS) is 19.5. The quantitative estimate of drug-likeness (QED) is 0.148. The number of benzene rings is 2. The van der Waals surface area contributed by atoms with Crippen molar-refractivity contribution in [3.05, 3.63) is 64.7 Å². The van der Waals surface area contributed by atoms with E-state index in [0.29, 0.717) is 53.3 Å². The summed E-state index contributed by atoms with van der Waals surface area (Å²) in [5.41, 5.74) is 2.46. The molecule has 0 spiro atoms. The third kappa shape index (κ3) is 9.09. The maximum absolute atomic E-state index is 14.0. The minimum atomic E-state index is -1.16. The van der Waals surface area contributed by atoms with Gasteiger partial charge in [-0.3, -0.25) is 9.59 Å². The second kappa shape index (κ2) is 18.8. The zero-order chi connectivity index (χ0) is 34.5. The molecule has 1 heterocycles. The van der Waals surface area contributed by atoms with Crippen LogP contribution in [0.2, 0.25) is 0 Å². The molecule has 0 unspecified atom stereocenters. The van der Waals surface area contributed by atoms with Crippen molar-refractivity contribution in [3.8, 4) is 17.2 Å². The van der Waals surface area contributed by atoms with Crippen LogP contribution in [-0.4, -0.2) is 84.2 Å². The predicted octanol–water partition coefficient (Wildman–Crippen LogP) is 4.81. The Hall–Kier alpha value is -3.60. The number of carbonyl (C=O) groups is 2. The van der Waals surface area contributed by atoms with E-state index in [4.69, 9.17) is 14.2 Å². The van der Waals surface area contributed by atoms with Gasteiger partial charge in [-0.25, -0.2) is 0 Å². The van der Waals surface area contributed by atoms with E-state index >= 15 is 0 Å². The molecule has 0 saturated heterocycles. The Kier molecular flexibility index (Phi) is 14.6. The molecule has 2 aliphatic rings. The standard InChI is InChI=1S/C38H54N2O8/c1-4-5-6-7-8-9-10-11-12-17-33(43)40(20-18-27-15-13-14-16-31(27)46-2)30-24-29(38(45)39-19-21-41)34-28-22-26(25-42)23-32(47-3)36(28)48-37(34)35(30)44/h13-16,22-24,30,34-35,37,41-42,44H,4-12,17-21,25H2,1-3H3,(H,39,45)/t30-,34+,35+,37+/m1/s1. The van der Waals surface area contributed by atoms with Gasteiger partial charge in [0.05, 0.1) is 39.4 Å². The highest BCUT2D eigenvalue weighted by Gasteiger charge is 2.51. The van der Waals surface area contributed by atoms with Crippen LogP contribution in [0.4, 0.5) is 0 Å². The summed E-state index contributed by atoms with van der Waals surface area (Å²) >= 11 is 0. The van der Waals surface area contributed by atoms with Gasteiger partial charge in [-0.05, 0) is 48.2 Å². The molecule has 10 nitrogen and oxygen atoms in total. The molecule has 2 amide bonds. The van der Waals surface area contributed by atoms with Crippen molar-refractivity contribution in [2.45, 2.75) is 108 Å². The summed E-state index contributed by atoms with van der Waals surface area (Å²) in [5, 5.41) is 34.1. The molecule has 48 heavy (non-hydrogen) atoms. The van der Waals surface area contributed by atoms with Crippen molar-refractivity contribution in [2.75, 3.05) is 33.9 Å². The number of para-hydroxylation sites is 1. The molecule has 0 bridgehead atoms. The van der Waals surface area contributed by atoms with Crippen LogP contribution in [0.1, 0.15) is 93.7 Å². The summed E-state index contributed by atoms with van der Waals surface area (Å²) in [5.74, 6) is 0.309. The molecule has 10 heteroatoms. The summed E-state index contributed by atoms with van der Waals surface area (Å²) in [4.78, 5) is 29.4. The summed E-state index contributed by atoms with van der Waals surface area (Å²) in [6, 6.07) is 10.2. The fraction of sp³-hybridized carbons (Fsp3) is 0.579. The molecular formula is C38H54N2O8. The number of carbonyl (C=O) groups excluding carboxylic acids is 2. The molecule has 1 aliphatic carbocycles. The third-order valence-corrected chi connectivity index (χ3v) is 9.48. The van der Waals surface area contributed by atoms with Gasteiger partial charge in [-0.1, -0.05) is 76.5 Å². The number of hydrogen-bond donors (Lipinski definition) is 4. The molecular weight excluding hydrogens is 612 g/mol. The van der Waals surface area contributed by atoms with Crippen LogP contribution in [0.5, 0.6) is 17.2 Å². The monoisotopic (exact) mass is 666 g/mol. The zero-order valence-electron chi connectivity index (χ0n) is 28.8. The Morgan fingerprint density at radius 3 is 2.29 bits per heavy atom. The van der Waals surface area contributed by atoms with Crippen LogP contribution in [0, 0.1) is 0 Å². The molecule has 1 aliphatic heterocycles. The van der Waals surface area contributed by atoms with Crippen molar-refractivity contribution in [1.29, 1.82) is 0 Å². The number of amides is 2. The maximum Gasteiger partial charge on any atom is 0.247 e. The molecule has 0 aromatic heterocycles. The smallest absolute Gasteiger partial charge is 0.247 e. The number of unbranched alkanes of at least 4 members (excludes halogenated alkanes) is 8. The summed E-state index contributed by atoms with van der Waals surface area (Å²) in [6.07, 6.45) is 10.6. The molecule has 4 atom stereocenters. The van der Waals surface area contributed by atoms with Crippen LogP contribution in [-0.2, 0) is 22.6 Å². The fourth-order valence-corrected chi connectivity index (χ4v) is 6.94. The molecule has 2 aromatic carbocycles. The van der Waals surface area contributed by atoms with Gasteiger partial charge in [0.25, 0.3) is 0 Å². The van der Waals surface area contributed by atoms with E-state index in [-0.39, 0.29) is 25.7 Å². The van der Waals surface area contributed by atoms with Gasteiger partial charge in [0.2, 0.25) is 11.8 Å². The number of ether oxygens (including phenoxy) is 3. The molecule has 4 rings (SSSR count). The van der Waals surface area contributed by atoms with E-state index in [9.17, 15) is 24.9 Å². The number of rotatable bonds is 20. The Morgan fingerprint density at radius 1 is 0.938 bits per heavy atom. The topological polar surface area (TPSA) is 138 Å². The van der Waals surface area contributed by atoms with Gasteiger partial charge in [0.1, 0.15) is 18.0 Å². The van der Waals surface area contributed by atoms with Crippen molar-refractivity contribution < 1.29 is 39.1 Å². The number of aliphatic hydroxyl groups excluding tert-OH is 3. The Morgan fingerprint density at radius 2 is 1.62 bits per heavy atom. The van der Waals surface area contributed by atoms with Crippen LogP contribution in [0.3, 0.4) is 0 Å². The zero-order valence-corrected chi connectivity index (χ0v) is 28.8. The lowest BCUT2D eigenvalue weighted by molar-refractivity contribution is -0.137. The lowest BCUT2D eigenvalue weighted by atomic mass is 9.77. The lowest BCUT2D eigenvalue weighted by Gasteiger charge is -2.41. The first-order valence-electron chi connectivity index (χ1n) is 17.6. The highest BCUT2D eigenvalue weighted by molar-refractivity contribution is 5.96. The largest absolute Gasteiger partial charge is 0.496 e. The molecule has 0 radical (unpaired) electrons. The highest BCUT2D eigenvalue weighted by atomic mass is 16.5. The van der Waals surface area contributed by atoms with E-state index in [1.54, 1.807) is 30.2 Å². The first kappa shape index (κ1) is 37.2. The van der Waals surface area contributed by atoms with Crippen LogP contribution in [0.15, 0.2) is 48.0 Å². The molecule has 4 N–H and O–H groups in total. The minimum absolute atomic E-state index is 0.0452. The van der Waals surface area contributed by atoms with Crippen molar-refractivity contribution in [2.24, 2.45) is 0 Å². The molecule has 2 aromatic rings. The van der Waals surface area contributed by atoms with E-state index in [2.05, 4.69) is 12.2 Å². The first-order valence-corrected chi connectivity index (χ1v) is 17.6. The maximum atomic E-state index is 14.0. The predicted molar refractivity (Wildman–Crippen MR) is 184 cm³/mol.